The van der Waals surface area contributed by atoms with Crippen molar-refractivity contribution < 1.29 is 0 Å². The van der Waals surface area contributed by atoms with Gasteiger partial charge in [-0.05, 0) is 51.9 Å². The Balaban J connectivity index is 1.92. The summed E-state index contributed by atoms with van der Waals surface area (Å²) in [6.07, 6.45) is 6.34. The summed E-state index contributed by atoms with van der Waals surface area (Å²) >= 11 is 3.28. The third-order valence-electron chi connectivity index (χ3n) is 3.65. The van der Waals surface area contributed by atoms with Gasteiger partial charge in [0.2, 0.25) is 0 Å². The van der Waals surface area contributed by atoms with Crippen LogP contribution in [0.25, 0.3) is 5.57 Å². The second-order valence-electron chi connectivity index (χ2n) is 4.62. The number of nitrogens with zero attached hydrogens (tertiary/aromatic N) is 2. The molecule has 3 rings (SSSR count). The standard InChI is InChI=1S/C13H12BrN3/c14-13-10(5-15)3-11(7-17-13)8-1-2-9-6-16-12(9)4-8/h1,3,7,9,12,16H,2,4,6H2/t9-,12-/m0/s1. The van der Waals surface area contributed by atoms with Gasteiger partial charge in [-0.3, -0.25) is 0 Å². The minimum atomic E-state index is 0.604. The van der Waals surface area contributed by atoms with Gasteiger partial charge < -0.3 is 5.32 Å². The first-order valence-corrected chi connectivity index (χ1v) is 6.55. The zero-order chi connectivity index (χ0) is 11.8. The van der Waals surface area contributed by atoms with Gasteiger partial charge in [-0.25, -0.2) is 4.98 Å². The lowest BCUT2D eigenvalue weighted by atomic mass is 9.78. The highest BCUT2D eigenvalue weighted by Crippen LogP contribution is 2.34. The molecular formula is C13H12BrN3. The molecule has 0 spiro atoms. The SMILES string of the molecule is N#Cc1cc(C2=CC[C@H]3CN[C@H]3C2)cnc1Br. The number of hydrogen-bond donors (Lipinski definition) is 1. The highest BCUT2D eigenvalue weighted by atomic mass is 79.9. The van der Waals surface area contributed by atoms with E-state index in [-0.39, 0.29) is 0 Å². The second kappa shape index (κ2) is 4.25. The summed E-state index contributed by atoms with van der Waals surface area (Å²) < 4.78 is 0.625. The number of hydrogen-bond acceptors (Lipinski definition) is 3. The van der Waals surface area contributed by atoms with Gasteiger partial charge in [0.15, 0.2) is 0 Å². The molecule has 1 aliphatic heterocycles. The molecular weight excluding hydrogens is 278 g/mol. The summed E-state index contributed by atoms with van der Waals surface area (Å²) in [5.74, 6) is 0.817. The van der Waals surface area contributed by atoms with Crippen molar-refractivity contribution in [2.75, 3.05) is 6.54 Å². The molecule has 1 aliphatic carbocycles. The molecule has 86 valence electrons. The average Bonchev–Trinajstić information content (AvgIpc) is 2.32. The van der Waals surface area contributed by atoms with Crippen LogP contribution in [0.15, 0.2) is 22.9 Å². The Morgan fingerprint density at radius 3 is 3.06 bits per heavy atom. The third-order valence-corrected chi connectivity index (χ3v) is 4.28. The normalized spacial score (nSPS) is 26.5. The molecule has 1 N–H and O–H groups in total. The maximum absolute atomic E-state index is 8.99. The van der Waals surface area contributed by atoms with Crippen molar-refractivity contribution in [1.29, 1.82) is 5.26 Å². The van der Waals surface area contributed by atoms with Crippen LogP contribution in [0.5, 0.6) is 0 Å². The molecule has 4 heteroatoms. The van der Waals surface area contributed by atoms with E-state index >= 15 is 0 Å². The minimum absolute atomic E-state index is 0.604. The highest BCUT2D eigenvalue weighted by molar-refractivity contribution is 9.10. The van der Waals surface area contributed by atoms with E-state index < -0.39 is 0 Å². The molecule has 2 heterocycles. The second-order valence-corrected chi connectivity index (χ2v) is 5.37. The van der Waals surface area contributed by atoms with Gasteiger partial charge in [0, 0.05) is 18.8 Å². The summed E-state index contributed by atoms with van der Waals surface area (Å²) in [5, 5.41) is 12.4. The number of pyridine rings is 1. The van der Waals surface area contributed by atoms with Crippen molar-refractivity contribution in [2.45, 2.75) is 18.9 Å². The summed E-state index contributed by atoms with van der Waals surface area (Å²) in [6, 6.07) is 4.70. The molecule has 0 radical (unpaired) electrons. The number of fused-ring (bicyclic) bond motifs is 1. The molecule has 0 aromatic carbocycles. The van der Waals surface area contributed by atoms with E-state index in [1.807, 2.05) is 12.3 Å². The molecule has 2 atom stereocenters. The zero-order valence-electron chi connectivity index (χ0n) is 9.28. The summed E-state index contributed by atoms with van der Waals surface area (Å²) in [5.41, 5.74) is 3.00. The number of aromatic nitrogens is 1. The Labute approximate surface area is 109 Å². The Kier molecular flexibility index (Phi) is 2.73. The largest absolute Gasteiger partial charge is 0.313 e. The van der Waals surface area contributed by atoms with E-state index in [9.17, 15) is 0 Å². The Morgan fingerprint density at radius 2 is 2.41 bits per heavy atom. The van der Waals surface area contributed by atoms with Crippen LogP contribution in [-0.2, 0) is 0 Å². The van der Waals surface area contributed by atoms with E-state index in [0.717, 1.165) is 30.9 Å². The average molecular weight is 290 g/mol. The predicted octanol–water partition coefficient (Wildman–Crippen LogP) is 2.48. The van der Waals surface area contributed by atoms with Crippen LogP contribution in [0.3, 0.4) is 0 Å². The van der Waals surface area contributed by atoms with E-state index in [2.05, 4.69) is 38.4 Å². The van der Waals surface area contributed by atoms with Crippen molar-refractivity contribution in [3.63, 3.8) is 0 Å². The van der Waals surface area contributed by atoms with Crippen molar-refractivity contribution >= 4 is 21.5 Å². The number of nitriles is 1. The fourth-order valence-electron chi connectivity index (χ4n) is 2.49. The summed E-state index contributed by atoms with van der Waals surface area (Å²) in [6.45, 7) is 1.15. The van der Waals surface area contributed by atoms with Crippen LogP contribution in [0.4, 0.5) is 0 Å². The Bertz CT molecular complexity index is 530. The Morgan fingerprint density at radius 1 is 1.53 bits per heavy atom. The molecule has 17 heavy (non-hydrogen) atoms. The fraction of sp³-hybridized carbons (Fsp3) is 0.385. The van der Waals surface area contributed by atoms with Crippen LogP contribution < -0.4 is 5.32 Å². The van der Waals surface area contributed by atoms with Gasteiger partial charge in [0.25, 0.3) is 0 Å². The molecule has 1 aromatic rings. The minimum Gasteiger partial charge on any atom is -0.313 e. The van der Waals surface area contributed by atoms with E-state index in [1.165, 1.54) is 5.57 Å². The van der Waals surface area contributed by atoms with Crippen LogP contribution in [0, 0.1) is 17.2 Å². The first kappa shape index (κ1) is 10.9. The molecule has 1 aromatic heterocycles. The Hall–Kier alpha value is -1.18. The smallest absolute Gasteiger partial charge is 0.123 e. The van der Waals surface area contributed by atoms with E-state index in [1.54, 1.807) is 0 Å². The van der Waals surface area contributed by atoms with Crippen molar-refractivity contribution in [3.8, 4) is 6.07 Å². The first-order chi connectivity index (χ1) is 8.28. The van der Waals surface area contributed by atoms with Crippen LogP contribution in [0.2, 0.25) is 0 Å². The zero-order valence-corrected chi connectivity index (χ0v) is 10.9. The predicted molar refractivity (Wildman–Crippen MR) is 69.1 cm³/mol. The lowest BCUT2D eigenvalue weighted by Crippen LogP contribution is -2.53. The van der Waals surface area contributed by atoms with Gasteiger partial charge in [-0.1, -0.05) is 6.08 Å². The monoisotopic (exact) mass is 289 g/mol. The van der Waals surface area contributed by atoms with Gasteiger partial charge >= 0.3 is 0 Å². The highest BCUT2D eigenvalue weighted by Gasteiger charge is 2.33. The molecule has 0 bridgehead atoms. The summed E-state index contributed by atoms with van der Waals surface area (Å²) in [7, 11) is 0. The van der Waals surface area contributed by atoms with Gasteiger partial charge in [-0.2, -0.15) is 5.26 Å². The van der Waals surface area contributed by atoms with Crippen LogP contribution in [-0.4, -0.2) is 17.6 Å². The maximum atomic E-state index is 8.99. The van der Waals surface area contributed by atoms with Crippen LogP contribution >= 0.6 is 15.9 Å². The molecule has 1 fully saturated rings. The van der Waals surface area contributed by atoms with Crippen LogP contribution in [0.1, 0.15) is 24.0 Å². The lowest BCUT2D eigenvalue weighted by molar-refractivity contribution is 0.231. The van der Waals surface area contributed by atoms with Crippen molar-refractivity contribution in [2.24, 2.45) is 5.92 Å². The van der Waals surface area contributed by atoms with Gasteiger partial charge in [0.05, 0.1) is 5.56 Å². The number of rotatable bonds is 1. The van der Waals surface area contributed by atoms with Crippen molar-refractivity contribution in [3.05, 3.63) is 34.1 Å². The first-order valence-electron chi connectivity index (χ1n) is 5.76. The number of nitrogens with one attached hydrogen (secondary N) is 1. The maximum Gasteiger partial charge on any atom is 0.123 e. The molecule has 1 saturated heterocycles. The lowest BCUT2D eigenvalue weighted by Gasteiger charge is -2.41. The van der Waals surface area contributed by atoms with E-state index in [0.29, 0.717) is 16.2 Å². The van der Waals surface area contributed by atoms with Gasteiger partial charge in [0.1, 0.15) is 10.7 Å². The van der Waals surface area contributed by atoms with E-state index in [4.69, 9.17) is 5.26 Å². The quantitative estimate of drug-likeness (QED) is 0.808. The molecule has 0 saturated carbocycles. The molecule has 0 amide bonds. The molecule has 2 aliphatic rings. The number of halogens is 1. The third kappa shape index (κ3) is 1.90. The number of allylic oxidation sites excluding steroid dienone is 1. The van der Waals surface area contributed by atoms with Crippen molar-refractivity contribution in [1.82, 2.24) is 10.3 Å². The summed E-state index contributed by atoms with van der Waals surface area (Å²) in [4.78, 5) is 4.22. The topological polar surface area (TPSA) is 48.7 Å². The molecule has 0 unspecified atom stereocenters. The fourth-order valence-corrected chi connectivity index (χ4v) is 2.79. The molecule has 3 nitrogen and oxygen atoms in total. The van der Waals surface area contributed by atoms with Gasteiger partial charge in [-0.15, -0.1) is 0 Å².